The molecule has 0 fully saturated rings. The van der Waals surface area contributed by atoms with E-state index in [1.54, 1.807) is 0 Å². The minimum Gasteiger partial charge on any atom is -0.462 e. The van der Waals surface area contributed by atoms with Crippen molar-refractivity contribution in [2.75, 3.05) is 0 Å². The average Bonchev–Trinajstić information content (AvgIpc) is 2.06. The van der Waals surface area contributed by atoms with Crippen LogP contribution in [0.2, 0.25) is 0 Å². The van der Waals surface area contributed by atoms with Crippen LogP contribution in [-0.4, -0.2) is 0 Å². The van der Waals surface area contributed by atoms with Crippen molar-refractivity contribution in [2.24, 2.45) is 0 Å². The van der Waals surface area contributed by atoms with Crippen LogP contribution < -0.4 is 4.74 Å². The largest absolute Gasteiger partial charge is 0.462 e. The Morgan fingerprint density at radius 1 is 1.55 bits per heavy atom. The lowest BCUT2D eigenvalue weighted by Gasteiger charge is -2.02. The van der Waals surface area contributed by atoms with Crippen molar-refractivity contribution < 1.29 is 4.74 Å². The van der Waals surface area contributed by atoms with Crippen LogP contribution in [0.5, 0.6) is 5.75 Å². The van der Waals surface area contributed by atoms with Gasteiger partial charge < -0.3 is 4.74 Å². The fourth-order valence-electron chi connectivity index (χ4n) is 0.673. The lowest BCUT2D eigenvalue weighted by Crippen LogP contribution is -1.88. The van der Waals surface area contributed by atoms with Crippen molar-refractivity contribution in [2.45, 2.75) is 13.8 Å². The van der Waals surface area contributed by atoms with E-state index in [1.807, 2.05) is 44.2 Å². The van der Waals surface area contributed by atoms with Crippen LogP contribution in [0.3, 0.4) is 0 Å². The maximum Gasteiger partial charge on any atom is 0.134 e. The molecule has 1 nitrogen and oxygen atoms in total. The van der Waals surface area contributed by atoms with E-state index < -0.39 is 0 Å². The van der Waals surface area contributed by atoms with Crippen molar-refractivity contribution in [1.29, 1.82) is 0 Å². The van der Waals surface area contributed by atoms with Crippen molar-refractivity contribution >= 4 is 0 Å². The Morgan fingerprint density at radius 3 is 2.91 bits per heavy atom. The first-order chi connectivity index (χ1) is 5.33. The van der Waals surface area contributed by atoms with E-state index in [2.05, 4.69) is 6.07 Å². The normalized spacial score (nSPS) is 11.3. The highest BCUT2D eigenvalue weighted by molar-refractivity contribution is 5.21. The van der Waals surface area contributed by atoms with Crippen LogP contribution in [0.25, 0.3) is 0 Å². The summed E-state index contributed by atoms with van der Waals surface area (Å²) in [6.07, 6.45) is 1.92. The molecule has 0 spiro atoms. The van der Waals surface area contributed by atoms with Crippen molar-refractivity contribution in [3.63, 3.8) is 0 Å². The van der Waals surface area contributed by atoms with Gasteiger partial charge in [-0.25, -0.2) is 0 Å². The molecule has 0 aliphatic heterocycles. The van der Waals surface area contributed by atoms with Gasteiger partial charge in [-0.3, -0.25) is 0 Å². The summed E-state index contributed by atoms with van der Waals surface area (Å²) in [5.41, 5.74) is 0. The Balaban J connectivity index is 2.65. The summed E-state index contributed by atoms with van der Waals surface area (Å²) in [6.45, 7) is 3.86. The second-order valence-corrected chi connectivity index (χ2v) is 2.23. The van der Waals surface area contributed by atoms with Gasteiger partial charge in [0.1, 0.15) is 5.75 Å². The third kappa shape index (κ3) is 2.46. The summed E-state index contributed by atoms with van der Waals surface area (Å²) in [4.78, 5) is 0. The zero-order valence-electron chi connectivity index (χ0n) is 6.79. The number of allylic oxidation sites excluding steroid dienone is 2. The Bertz CT molecular complexity index is 236. The highest BCUT2D eigenvalue weighted by Gasteiger charge is 1.90. The number of hydrogen-bond donors (Lipinski definition) is 0. The minimum atomic E-state index is 0.767. The van der Waals surface area contributed by atoms with E-state index in [1.165, 1.54) is 0 Å². The van der Waals surface area contributed by atoms with Crippen LogP contribution in [-0.2, 0) is 0 Å². The average molecular weight is 147 g/mol. The zero-order valence-corrected chi connectivity index (χ0v) is 6.79. The van der Waals surface area contributed by atoms with Gasteiger partial charge in [-0.15, -0.1) is 0 Å². The standard InChI is InChI=1S/C10H11O/c1-3-9(2)11-10-7-5-4-6-8-10/h3-7H,1-2H3. The smallest absolute Gasteiger partial charge is 0.134 e. The Hall–Kier alpha value is -1.24. The van der Waals surface area contributed by atoms with Gasteiger partial charge in [0, 0.05) is 6.07 Å². The Labute approximate surface area is 67.3 Å². The van der Waals surface area contributed by atoms with E-state index >= 15 is 0 Å². The lowest BCUT2D eigenvalue weighted by molar-refractivity contribution is 0.426. The molecule has 0 N–H and O–H groups in total. The summed E-state index contributed by atoms with van der Waals surface area (Å²) in [6, 6.07) is 10.5. The molecule has 0 saturated carbocycles. The number of benzene rings is 1. The Kier molecular flexibility index (Phi) is 2.73. The van der Waals surface area contributed by atoms with Gasteiger partial charge in [-0.1, -0.05) is 18.2 Å². The second-order valence-electron chi connectivity index (χ2n) is 2.23. The van der Waals surface area contributed by atoms with Crippen LogP contribution in [0.15, 0.2) is 36.1 Å². The molecule has 1 aromatic rings. The summed E-state index contributed by atoms with van der Waals surface area (Å²) in [5, 5.41) is 0. The maximum atomic E-state index is 5.37. The molecule has 0 saturated heterocycles. The lowest BCUT2D eigenvalue weighted by atomic mass is 10.3. The predicted octanol–water partition coefficient (Wildman–Crippen LogP) is 2.79. The zero-order chi connectivity index (χ0) is 8.10. The van der Waals surface area contributed by atoms with Gasteiger partial charge in [0.25, 0.3) is 0 Å². The van der Waals surface area contributed by atoms with E-state index in [0.29, 0.717) is 0 Å². The van der Waals surface area contributed by atoms with E-state index in [0.717, 1.165) is 11.5 Å². The van der Waals surface area contributed by atoms with Crippen LogP contribution in [0.1, 0.15) is 13.8 Å². The highest BCUT2D eigenvalue weighted by Crippen LogP contribution is 2.10. The molecule has 0 aliphatic carbocycles. The van der Waals surface area contributed by atoms with Crippen molar-refractivity contribution in [3.05, 3.63) is 42.2 Å². The Morgan fingerprint density at radius 2 is 2.36 bits per heavy atom. The van der Waals surface area contributed by atoms with Gasteiger partial charge >= 0.3 is 0 Å². The van der Waals surface area contributed by atoms with E-state index in [9.17, 15) is 0 Å². The summed E-state index contributed by atoms with van der Waals surface area (Å²) >= 11 is 0. The molecule has 0 bridgehead atoms. The van der Waals surface area contributed by atoms with Gasteiger partial charge in [-0.05, 0) is 26.0 Å². The SMILES string of the molecule is CC=C(C)Oc1[c]cccc1. The van der Waals surface area contributed by atoms with Gasteiger partial charge in [0.2, 0.25) is 0 Å². The molecule has 0 unspecified atom stereocenters. The van der Waals surface area contributed by atoms with Gasteiger partial charge in [0.15, 0.2) is 0 Å². The second kappa shape index (κ2) is 3.81. The fourth-order valence-corrected chi connectivity index (χ4v) is 0.673. The monoisotopic (exact) mass is 147 g/mol. The molecule has 1 rings (SSSR count). The van der Waals surface area contributed by atoms with Gasteiger partial charge in [-0.2, -0.15) is 0 Å². The van der Waals surface area contributed by atoms with Crippen molar-refractivity contribution in [3.8, 4) is 5.75 Å². The molecule has 1 aromatic carbocycles. The third-order valence-corrected chi connectivity index (χ3v) is 1.36. The molecule has 0 atom stereocenters. The number of hydrogen-bond acceptors (Lipinski definition) is 1. The first kappa shape index (κ1) is 7.86. The molecule has 0 aromatic heterocycles. The minimum absolute atomic E-state index is 0.767. The molecule has 1 heteroatoms. The first-order valence-corrected chi connectivity index (χ1v) is 3.60. The summed E-state index contributed by atoms with van der Waals surface area (Å²) in [7, 11) is 0. The molecule has 11 heavy (non-hydrogen) atoms. The topological polar surface area (TPSA) is 9.23 Å². The van der Waals surface area contributed by atoms with Crippen LogP contribution >= 0.6 is 0 Å². The number of para-hydroxylation sites is 1. The predicted molar refractivity (Wildman–Crippen MR) is 45.3 cm³/mol. The molecular weight excluding hydrogens is 136 g/mol. The molecule has 57 valence electrons. The van der Waals surface area contributed by atoms with Crippen molar-refractivity contribution in [1.82, 2.24) is 0 Å². The molecule has 1 radical (unpaired) electrons. The van der Waals surface area contributed by atoms with Crippen LogP contribution in [0.4, 0.5) is 0 Å². The molecule has 0 amide bonds. The van der Waals surface area contributed by atoms with Gasteiger partial charge in [0.05, 0.1) is 5.76 Å². The summed E-state index contributed by atoms with van der Waals surface area (Å²) < 4.78 is 5.37. The quantitative estimate of drug-likeness (QED) is 0.584. The fraction of sp³-hybridized carbons (Fsp3) is 0.200. The highest BCUT2D eigenvalue weighted by atomic mass is 16.5. The third-order valence-electron chi connectivity index (χ3n) is 1.36. The molecule has 0 heterocycles. The molecular formula is C10H11O. The van der Waals surface area contributed by atoms with Crippen LogP contribution in [0, 0.1) is 6.07 Å². The first-order valence-electron chi connectivity index (χ1n) is 3.60. The number of ether oxygens (including phenoxy) is 1. The number of rotatable bonds is 2. The van der Waals surface area contributed by atoms with E-state index in [-0.39, 0.29) is 0 Å². The van der Waals surface area contributed by atoms with E-state index in [4.69, 9.17) is 4.74 Å². The summed E-state index contributed by atoms with van der Waals surface area (Å²) in [5.74, 6) is 1.66. The molecule has 0 aliphatic rings. The maximum absolute atomic E-state index is 5.37.